The van der Waals surface area contributed by atoms with E-state index in [1.165, 1.54) is 0 Å². The summed E-state index contributed by atoms with van der Waals surface area (Å²) >= 11 is 0. The van der Waals surface area contributed by atoms with Crippen LogP contribution in [-0.2, 0) is 13.6 Å². The normalized spacial score (nSPS) is 12.8. The molecule has 0 saturated carbocycles. The fourth-order valence-electron chi connectivity index (χ4n) is 1.15. The highest BCUT2D eigenvalue weighted by molar-refractivity contribution is 6.71. The molecular weight excluding hydrogens is 262 g/mol. The van der Waals surface area contributed by atoms with Crippen molar-refractivity contribution in [3.8, 4) is 6.07 Å². The van der Waals surface area contributed by atoms with Crippen LogP contribution in [0.15, 0.2) is 11.8 Å². The lowest BCUT2D eigenvalue weighted by Gasteiger charge is -2.18. The van der Waals surface area contributed by atoms with Crippen LogP contribution >= 0.6 is 0 Å². The van der Waals surface area contributed by atoms with Crippen LogP contribution in [0.4, 0.5) is 0 Å². The number of nitrogens with zero attached hydrogens (tertiary/aromatic N) is 1. The van der Waals surface area contributed by atoms with E-state index in [0.717, 1.165) is 0 Å². The van der Waals surface area contributed by atoms with E-state index in [-0.39, 0.29) is 5.97 Å². The molecule has 0 aromatic carbocycles. The van der Waals surface area contributed by atoms with Crippen LogP contribution in [-0.4, -0.2) is 22.6 Å². The molecule has 0 radical (unpaired) electrons. The summed E-state index contributed by atoms with van der Waals surface area (Å²) in [6.45, 7) is 11.9. The molecule has 0 aliphatic carbocycles. The highest BCUT2D eigenvalue weighted by atomic mass is 28.4. The van der Waals surface area contributed by atoms with E-state index in [2.05, 4.69) is 0 Å². The quantitative estimate of drug-likeness (QED) is 0.426. The van der Waals surface area contributed by atoms with Gasteiger partial charge in [0.2, 0.25) is 16.6 Å². The maximum atomic E-state index is 11.5. The summed E-state index contributed by atoms with van der Waals surface area (Å²) in [6, 6.07) is 2.01. The molecule has 0 atom stereocenters. The molecule has 102 valence electrons. The standard InChI is InChI=1S/C12H23NO3Si2/c1-17(2,3)15-11(10-13)8-7-9-12(14)16-18(4,5)6/h8H,7,9H2,1-6H3. The van der Waals surface area contributed by atoms with Crippen LogP contribution in [0.2, 0.25) is 39.3 Å². The lowest BCUT2D eigenvalue weighted by atomic mass is 10.3. The van der Waals surface area contributed by atoms with Crippen LogP contribution in [0.5, 0.6) is 0 Å². The highest BCUT2D eigenvalue weighted by Crippen LogP contribution is 2.12. The largest absolute Gasteiger partial charge is 0.537 e. The second-order valence-electron chi connectivity index (χ2n) is 6.02. The summed E-state index contributed by atoms with van der Waals surface area (Å²) in [5.74, 6) is 0.116. The molecule has 0 spiro atoms. The number of carbonyl (C=O) groups excluding carboxylic acids is 1. The zero-order chi connectivity index (χ0) is 14.4. The van der Waals surface area contributed by atoms with Crippen molar-refractivity contribution in [1.82, 2.24) is 0 Å². The van der Waals surface area contributed by atoms with Crippen molar-refractivity contribution in [3.63, 3.8) is 0 Å². The molecule has 0 aromatic rings. The van der Waals surface area contributed by atoms with E-state index in [0.29, 0.717) is 18.6 Å². The van der Waals surface area contributed by atoms with Gasteiger partial charge < -0.3 is 8.85 Å². The predicted octanol–water partition coefficient (Wildman–Crippen LogP) is 3.40. The fraction of sp³-hybridized carbons (Fsp3) is 0.667. The lowest BCUT2D eigenvalue weighted by Crippen LogP contribution is -2.29. The Balaban J connectivity index is 4.22. The summed E-state index contributed by atoms with van der Waals surface area (Å²) in [5.41, 5.74) is 0. The van der Waals surface area contributed by atoms with Crippen molar-refractivity contribution >= 4 is 22.6 Å². The van der Waals surface area contributed by atoms with Gasteiger partial charge in [0, 0.05) is 6.42 Å². The van der Waals surface area contributed by atoms with Crippen molar-refractivity contribution in [2.45, 2.75) is 52.1 Å². The van der Waals surface area contributed by atoms with Crippen LogP contribution in [0.1, 0.15) is 12.8 Å². The van der Waals surface area contributed by atoms with Gasteiger partial charge in [-0.2, -0.15) is 5.26 Å². The van der Waals surface area contributed by atoms with Crippen LogP contribution in [0.25, 0.3) is 0 Å². The molecule has 0 fully saturated rings. The Morgan fingerprint density at radius 2 is 1.61 bits per heavy atom. The second kappa shape index (κ2) is 6.76. The number of hydrogen-bond donors (Lipinski definition) is 0. The molecule has 0 amide bonds. The smallest absolute Gasteiger partial charge is 0.292 e. The Hall–Kier alpha value is -1.07. The Kier molecular flexibility index (Phi) is 6.36. The van der Waals surface area contributed by atoms with Gasteiger partial charge >= 0.3 is 0 Å². The zero-order valence-electron chi connectivity index (χ0n) is 12.2. The van der Waals surface area contributed by atoms with E-state index in [9.17, 15) is 4.79 Å². The summed E-state index contributed by atoms with van der Waals surface area (Å²) in [5, 5.41) is 8.91. The summed E-state index contributed by atoms with van der Waals surface area (Å²) in [7, 11) is -3.56. The molecule has 6 heteroatoms. The molecule has 0 aliphatic rings. The van der Waals surface area contributed by atoms with Crippen molar-refractivity contribution in [2.24, 2.45) is 0 Å². The number of rotatable bonds is 6. The Morgan fingerprint density at radius 3 is 2.00 bits per heavy atom. The van der Waals surface area contributed by atoms with Gasteiger partial charge in [-0.15, -0.1) is 0 Å². The number of nitriles is 1. The van der Waals surface area contributed by atoms with Crippen molar-refractivity contribution in [1.29, 1.82) is 5.26 Å². The zero-order valence-corrected chi connectivity index (χ0v) is 14.2. The van der Waals surface area contributed by atoms with Crippen molar-refractivity contribution in [2.75, 3.05) is 0 Å². The molecule has 4 nitrogen and oxygen atoms in total. The topological polar surface area (TPSA) is 59.3 Å². The molecule has 0 aromatic heterocycles. The molecule has 0 unspecified atom stereocenters. The Morgan fingerprint density at radius 1 is 1.11 bits per heavy atom. The first kappa shape index (κ1) is 16.9. The monoisotopic (exact) mass is 285 g/mol. The summed E-state index contributed by atoms with van der Waals surface area (Å²) in [6.07, 6.45) is 2.45. The van der Waals surface area contributed by atoms with Gasteiger partial charge in [-0.1, -0.05) is 0 Å². The number of allylic oxidation sites excluding steroid dienone is 2. The maximum absolute atomic E-state index is 11.5. The fourth-order valence-corrected chi connectivity index (χ4v) is 2.73. The SMILES string of the molecule is C[Si](C)(C)OC(=O)CCC=C(C#N)O[Si](C)(C)C. The van der Waals surface area contributed by atoms with E-state index < -0.39 is 16.6 Å². The number of carbonyl (C=O) groups is 1. The minimum atomic E-state index is -1.80. The molecule has 0 saturated heterocycles. The molecule has 0 rings (SSSR count). The minimum absolute atomic E-state index is 0.198. The molecule has 0 aliphatic heterocycles. The van der Waals surface area contributed by atoms with E-state index >= 15 is 0 Å². The molecule has 0 heterocycles. The van der Waals surface area contributed by atoms with Gasteiger partial charge in [0.15, 0.2) is 5.76 Å². The maximum Gasteiger partial charge on any atom is 0.292 e. The summed E-state index contributed by atoms with van der Waals surface area (Å²) < 4.78 is 10.9. The first-order valence-corrected chi connectivity index (χ1v) is 12.9. The van der Waals surface area contributed by atoms with Crippen LogP contribution < -0.4 is 0 Å². The average Bonchev–Trinajstić information content (AvgIpc) is 2.11. The van der Waals surface area contributed by atoms with Crippen molar-refractivity contribution in [3.05, 3.63) is 11.8 Å². The predicted molar refractivity (Wildman–Crippen MR) is 76.8 cm³/mol. The lowest BCUT2D eigenvalue weighted by molar-refractivity contribution is -0.135. The minimum Gasteiger partial charge on any atom is -0.537 e. The third kappa shape index (κ3) is 10.1. The van der Waals surface area contributed by atoms with E-state index in [4.69, 9.17) is 14.1 Å². The first-order chi connectivity index (χ1) is 8.03. The van der Waals surface area contributed by atoms with E-state index in [1.54, 1.807) is 6.08 Å². The van der Waals surface area contributed by atoms with Gasteiger partial charge in [0.1, 0.15) is 6.07 Å². The Labute approximate surface area is 112 Å². The third-order valence-electron chi connectivity index (χ3n) is 1.62. The van der Waals surface area contributed by atoms with Gasteiger partial charge in [0.05, 0.1) is 0 Å². The van der Waals surface area contributed by atoms with Crippen molar-refractivity contribution < 1.29 is 13.6 Å². The van der Waals surface area contributed by atoms with E-state index in [1.807, 2.05) is 45.4 Å². The second-order valence-corrected chi connectivity index (χ2v) is 14.9. The average molecular weight is 285 g/mol. The number of hydrogen-bond acceptors (Lipinski definition) is 4. The van der Waals surface area contributed by atoms with Gasteiger partial charge in [-0.3, -0.25) is 4.79 Å². The van der Waals surface area contributed by atoms with Crippen LogP contribution in [0.3, 0.4) is 0 Å². The first-order valence-electron chi connectivity index (χ1n) is 6.04. The van der Waals surface area contributed by atoms with Crippen LogP contribution in [0, 0.1) is 11.3 Å². The molecular formula is C12H23NO3Si2. The molecule has 0 N–H and O–H groups in total. The van der Waals surface area contributed by atoms with Gasteiger partial charge in [-0.25, -0.2) is 0 Å². The van der Waals surface area contributed by atoms with Gasteiger partial charge in [-0.05, 0) is 51.8 Å². The Bertz CT molecular complexity index is 359. The summed E-state index contributed by atoms with van der Waals surface area (Å²) in [4.78, 5) is 11.5. The van der Waals surface area contributed by atoms with Gasteiger partial charge in [0.25, 0.3) is 5.97 Å². The highest BCUT2D eigenvalue weighted by Gasteiger charge is 2.20. The molecule has 18 heavy (non-hydrogen) atoms. The third-order valence-corrected chi connectivity index (χ3v) is 3.30. The molecule has 0 bridgehead atoms.